The summed E-state index contributed by atoms with van der Waals surface area (Å²) in [6.45, 7) is 1.83. The van der Waals surface area contributed by atoms with Crippen molar-refractivity contribution in [2.24, 2.45) is 0 Å². The molecule has 0 aromatic carbocycles. The highest BCUT2D eigenvalue weighted by molar-refractivity contribution is 5.07. The first-order valence-electron chi connectivity index (χ1n) is 6.90. The van der Waals surface area contributed by atoms with Crippen LogP contribution in [0.15, 0.2) is 11.6 Å². The predicted molar refractivity (Wildman–Crippen MR) is 67.5 cm³/mol. The SMILES string of the molecule is OC1(CNCCC2=CCCC2)CCCCC1. The molecule has 0 aliphatic heterocycles. The summed E-state index contributed by atoms with van der Waals surface area (Å²) in [5.74, 6) is 0. The average Bonchev–Trinajstić information content (AvgIpc) is 2.78. The van der Waals surface area contributed by atoms with Crippen molar-refractivity contribution in [2.75, 3.05) is 13.1 Å². The summed E-state index contributed by atoms with van der Waals surface area (Å²) in [6, 6.07) is 0. The molecule has 2 nitrogen and oxygen atoms in total. The van der Waals surface area contributed by atoms with Gasteiger partial charge in [-0.2, -0.15) is 0 Å². The molecule has 92 valence electrons. The van der Waals surface area contributed by atoms with E-state index in [2.05, 4.69) is 11.4 Å². The van der Waals surface area contributed by atoms with Crippen LogP contribution in [0.5, 0.6) is 0 Å². The first kappa shape index (κ1) is 12.1. The molecule has 0 bridgehead atoms. The van der Waals surface area contributed by atoms with E-state index >= 15 is 0 Å². The number of hydrogen-bond donors (Lipinski definition) is 2. The van der Waals surface area contributed by atoms with Crippen molar-refractivity contribution >= 4 is 0 Å². The lowest BCUT2D eigenvalue weighted by molar-refractivity contribution is 0.00517. The summed E-state index contributed by atoms with van der Waals surface area (Å²) in [6.07, 6.45) is 13.2. The second-order valence-corrected chi connectivity index (χ2v) is 5.47. The van der Waals surface area contributed by atoms with Gasteiger partial charge < -0.3 is 10.4 Å². The van der Waals surface area contributed by atoms with Crippen LogP contribution in [0, 0.1) is 0 Å². The van der Waals surface area contributed by atoms with E-state index in [4.69, 9.17) is 0 Å². The third kappa shape index (κ3) is 3.60. The molecule has 0 saturated heterocycles. The van der Waals surface area contributed by atoms with Crippen LogP contribution in [-0.2, 0) is 0 Å². The Morgan fingerprint density at radius 1 is 1.19 bits per heavy atom. The van der Waals surface area contributed by atoms with Crippen LogP contribution in [0.4, 0.5) is 0 Å². The minimum absolute atomic E-state index is 0.400. The largest absolute Gasteiger partial charge is 0.389 e. The van der Waals surface area contributed by atoms with E-state index in [-0.39, 0.29) is 0 Å². The Morgan fingerprint density at radius 3 is 2.69 bits per heavy atom. The quantitative estimate of drug-likeness (QED) is 0.555. The van der Waals surface area contributed by atoms with Crippen molar-refractivity contribution in [3.05, 3.63) is 11.6 Å². The van der Waals surface area contributed by atoms with Crippen molar-refractivity contribution in [1.29, 1.82) is 0 Å². The fourth-order valence-electron chi connectivity index (χ4n) is 2.92. The van der Waals surface area contributed by atoms with Crippen LogP contribution < -0.4 is 5.32 Å². The number of hydrogen-bond acceptors (Lipinski definition) is 2. The first-order chi connectivity index (χ1) is 7.79. The summed E-state index contributed by atoms with van der Waals surface area (Å²) in [4.78, 5) is 0. The Bertz CT molecular complexity index is 241. The van der Waals surface area contributed by atoms with Gasteiger partial charge in [-0.3, -0.25) is 0 Å². The maximum absolute atomic E-state index is 10.3. The van der Waals surface area contributed by atoms with Gasteiger partial charge in [0, 0.05) is 6.54 Å². The van der Waals surface area contributed by atoms with Crippen LogP contribution in [0.1, 0.15) is 57.8 Å². The number of aliphatic hydroxyl groups is 1. The molecule has 2 aliphatic carbocycles. The lowest BCUT2D eigenvalue weighted by Crippen LogP contribution is -2.42. The second kappa shape index (κ2) is 5.83. The summed E-state index contributed by atoms with van der Waals surface area (Å²) in [5.41, 5.74) is 1.21. The summed E-state index contributed by atoms with van der Waals surface area (Å²) < 4.78 is 0. The smallest absolute Gasteiger partial charge is 0.0771 e. The molecule has 2 aliphatic rings. The molecule has 0 unspecified atom stereocenters. The molecule has 0 radical (unpaired) electrons. The molecule has 0 atom stereocenters. The molecule has 1 fully saturated rings. The van der Waals surface area contributed by atoms with E-state index in [9.17, 15) is 5.11 Å². The molecule has 0 aromatic heterocycles. The van der Waals surface area contributed by atoms with Gasteiger partial charge in [0.2, 0.25) is 0 Å². The number of nitrogens with one attached hydrogen (secondary N) is 1. The molecular formula is C14H25NO. The molecular weight excluding hydrogens is 198 g/mol. The summed E-state index contributed by atoms with van der Waals surface area (Å²) in [5, 5.41) is 13.7. The third-order valence-corrected chi connectivity index (χ3v) is 4.00. The van der Waals surface area contributed by atoms with Crippen molar-refractivity contribution < 1.29 is 5.11 Å². The van der Waals surface area contributed by atoms with E-state index < -0.39 is 5.60 Å². The van der Waals surface area contributed by atoms with Crippen molar-refractivity contribution in [1.82, 2.24) is 5.32 Å². The van der Waals surface area contributed by atoms with Gasteiger partial charge in [0.15, 0.2) is 0 Å². The lowest BCUT2D eigenvalue weighted by atomic mass is 9.85. The Morgan fingerprint density at radius 2 is 2.00 bits per heavy atom. The zero-order valence-corrected chi connectivity index (χ0v) is 10.3. The molecule has 2 N–H and O–H groups in total. The molecule has 0 aromatic rings. The fourth-order valence-corrected chi connectivity index (χ4v) is 2.92. The highest BCUT2D eigenvalue weighted by Gasteiger charge is 2.28. The van der Waals surface area contributed by atoms with Gasteiger partial charge in [0.05, 0.1) is 5.60 Å². The van der Waals surface area contributed by atoms with E-state index in [1.165, 1.54) is 44.9 Å². The van der Waals surface area contributed by atoms with E-state index in [0.29, 0.717) is 0 Å². The fraction of sp³-hybridized carbons (Fsp3) is 0.857. The standard InChI is InChI=1S/C14H25NO/c16-14(9-4-1-5-10-14)12-15-11-8-13-6-2-3-7-13/h6,15-16H,1-5,7-12H2. The zero-order valence-electron chi connectivity index (χ0n) is 10.3. The van der Waals surface area contributed by atoms with Crippen LogP contribution >= 0.6 is 0 Å². The Labute approximate surface area is 99.1 Å². The topological polar surface area (TPSA) is 32.3 Å². The molecule has 0 heterocycles. The monoisotopic (exact) mass is 223 g/mol. The van der Waals surface area contributed by atoms with Crippen molar-refractivity contribution in [3.63, 3.8) is 0 Å². The molecule has 16 heavy (non-hydrogen) atoms. The van der Waals surface area contributed by atoms with Gasteiger partial charge in [0.1, 0.15) is 0 Å². The summed E-state index contributed by atoms with van der Waals surface area (Å²) >= 11 is 0. The second-order valence-electron chi connectivity index (χ2n) is 5.47. The molecule has 0 amide bonds. The lowest BCUT2D eigenvalue weighted by Gasteiger charge is -2.32. The van der Waals surface area contributed by atoms with Crippen LogP contribution in [0.2, 0.25) is 0 Å². The highest BCUT2D eigenvalue weighted by atomic mass is 16.3. The van der Waals surface area contributed by atoms with Gasteiger partial charge in [-0.25, -0.2) is 0 Å². The highest BCUT2D eigenvalue weighted by Crippen LogP contribution is 2.27. The third-order valence-electron chi connectivity index (χ3n) is 4.00. The molecule has 2 heteroatoms. The Kier molecular flexibility index (Phi) is 4.42. The van der Waals surface area contributed by atoms with E-state index in [0.717, 1.165) is 25.9 Å². The zero-order chi connectivity index (χ0) is 11.3. The van der Waals surface area contributed by atoms with Crippen LogP contribution in [0.25, 0.3) is 0 Å². The van der Waals surface area contributed by atoms with Crippen LogP contribution in [0.3, 0.4) is 0 Å². The Hall–Kier alpha value is -0.340. The molecule has 1 saturated carbocycles. The first-order valence-corrected chi connectivity index (χ1v) is 6.90. The van der Waals surface area contributed by atoms with E-state index in [1.54, 1.807) is 5.57 Å². The summed E-state index contributed by atoms with van der Waals surface area (Å²) in [7, 11) is 0. The molecule has 2 rings (SSSR count). The van der Waals surface area contributed by atoms with Crippen molar-refractivity contribution in [3.8, 4) is 0 Å². The van der Waals surface area contributed by atoms with Gasteiger partial charge in [-0.1, -0.05) is 30.9 Å². The number of rotatable bonds is 5. The van der Waals surface area contributed by atoms with Gasteiger partial charge >= 0.3 is 0 Å². The van der Waals surface area contributed by atoms with Crippen LogP contribution in [-0.4, -0.2) is 23.8 Å². The van der Waals surface area contributed by atoms with E-state index in [1.807, 2.05) is 0 Å². The normalized spacial score (nSPS) is 24.4. The van der Waals surface area contributed by atoms with Crippen molar-refractivity contribution in [2.45, 2.75) is 63.4 Å². The molecule has 0 spiro atoms. The Balaban J connectivity index is 1.59. The average molecular weight is 223 g/mol. The minimum atomic E-state index is -0.400. The predicted octanol–water partition coefficient (Wildman–Crippen LogP) is 2.77. The minimum Gasteiger partial charge on any atom is -0.389 e. The van der Waals surface area contributed by atoms with Gasteiger partial charge in [0.25, 0.3) is 0 Å². The number of allylic oxidation sites excluding steroid dienone is 1. The van der Waals surface area contributed by atoms with Gasteiger partial charge in [-0.15, -0.1) is 0 Å². The maximum Gasteiger partial charge on any atom is 0.0771 e. The maximum atomic E-state index is 10.3. The van der Waals surface area contributed by atoms with Gasteiger partial charge in [-0.05, 0) is 45.1 Å².